The molecule has 2 aromatic rings. The Labute approximate surface area is 116 Å². The second-order valence-electron chi connectivity index (χ2n) is 4.11. The molecule has 98 valence electrons. The third-order valence-corrected chi connectivity index (χ3v) is 3.81. The Hall–Kier alpha value is -1.94. The molecule has 2 aromatic carbocycles. The second kappa shape index (κ2) is 6.29. The molecular weight excluding hydrogens is 258 g/mol. The van der Waals surface area contributed by atoms with E-state index in [1.54, 1.807) is 24.9 Å². The molecule has 0 heterocycles. The van der Waals surface area contributed by atoms with Crippen LogP contribution >= 0.6 is 11.8 Å². The largest absolute Gasteiger partial charge is 0.465 e. The summed E-state index contributed by atoms with van der Waals surface area (Å²) < 4.78 is 0. The summed E-state index contributed by atoms with van der Waals surface area (Å²) in [7, 11) is 1.54. The Bertz CT molecular complexity index is 557. The van der Waals surface area contributed by atoms with Crippen LogP contribution in [0.5, 0.6) is 0 Å². The number of hydrogen-bond acceptors (Lipinski definition) is 2. The average Bonchev–Trinajstić information content (AvgIpc) is 2.45. The minimum atomic E-state index is -0.954. The summed E-state index contributed by atoms with van der Waals surface area (Å²) in [6.45, 7) is 0. The average molecular weight is 273 g/mol. The first kappa shape index (κ1) is 13.5. The van der Waals surface area contributed by atoms with Gasteiger partial charge in [0.25, 0.3) is 0 Å². The van der Waals surface area contributed by atoms with E-state index in [0.717, 1.165) is 10.6 Å². The number of nitrogens with zero attached hydrogens (tertiary/aromatic N) is 1. The van der Waals surface area contributed by atoms with Crippen molar-refractivity contribution in [2.45, 2.75) is 10.6 Å². The lowest BCUT2D eigenvalue weighted by molar-refractivity contribution is 0.203. The predicted octanol–water partition coefficient (Wildman–Crippen LogP) is 4.09. The van der Waals surface area contributed by atoms with E-state index in [1.165, 1.54) is 10.5 Å². The molecule has 19 heavy (non-hydrogen) atoms. The van der Waals surface area contributed by atoms with Gasteiger partial charge in [0.05, 0.1) is 0 Å². The molecule has 0 aliphatic heterocycles. The number of rotatable bonds is 4. The second-order valence-corrected chi connectivity index (χ2v) is 5.16. The zero-order valence-corrected chi connectivity index (χ0v) is 11.4. The highest BCUT2D eigenvalue weighted by atomic mass is 32.2. The summed E-state index contributed by atoms with van der Waals surface area (Å²) in [6.07, 6.45) is -0.954. The summed E-state index contributed by atoms with van der Waals surface area (Å²) in [6, 6.07) is 17.8. The first-order valence-corrected chi connectivity index (χ1v) is 6.89. The van der Waals surface area contributed by atoms with Crippen molar-refractivity contribution in [1.82, 2.24) is 0 Å². The molecule has 0 aliphatic rings. The minimum absolute atomic E-state index is 0.686. The van der Waals surface area contributed by atoms with Crippen molar-refractivity contribution in [3.05, 3.63) is 60.2 Å². The fourth-order valence-corrected chi connectivity index (χ4v) is 2.54. The number of benzene rings is 2. The van der Waals surface area contributed by atoms with Gasteiger partial charge in [-0.25, -0.2) is 4.79 Å². The van der Waals surface area contributed by atoms with Crippen LogP contribution in [0.4, 0.5) is 10.5 Å². The van der Waals surface area contributed by atoms with Gasteiger partial charge in [0.1, 0.15) is 0 Å². The lowest BCUT2D eigenvalue weighted by Crippen LogP contribution is -2.23. The van der Waals surface area contributed by atoms with Crippen molar-refractivity contribution in [2.24, 2.45) is 0 Å². The fraction of sp³-hybridized carbons (Fsp3) is 0.133. The summed E-state index contributed by atoms with van der Waals surface area (Å²) in [5.74, 6) is 0.876. The van der Waals surface area contributed by atoms with Crippen molar-refractivity contribution in [3.8, 4) is 0 Å². The van der Waals surface area contributed by atoms with Gasteiger partial charge in [0.2, 0.25) is 0 Å². The molecule has 0 unspecified atom stereocenters. The zero-order chi connectivity index (χ0) is 13.7. The molecule has 0 aliphatic carbocycles. The fourth-order valence-electron chi connectivity index (χ4n) is 1.63. The van der Waals surface area contributed by atoms with Crippen LogP contribution in [0, 0.1) is 0 Å². The number of hydrogen-bond donors (Lipinski definition) is 1. The van der Waals surface area contributed by atoms with Gasteiger partial charge in [0, 0.05) is 23.4 Å². The van der Waals surface area contributed by atoms with Gasteiger partial charge < -0.3 is 5.11 Å². The zero-order valence-electron chi connectivity index (χ0n) is 10.6. The molecular formula is C15H15NO2S. The van der Waals surface area contributed by atoms with Crippen LogP contribution in [-0.2, 0) is 5.75 Å². The smallest absolute Gasteiger partial charge is 0.411 e. The predicted molar refractivity (Wildman–Crippen MR) is 78.9 cm³/mol. The van der Waals surface area contributed by atoms with Crippen LogP contribution in [-0.4, -0.2) is 18.2 Å². The SMILES string of the molecule is CN(C(=O)O)c1cccc(SCc2ccccc2)c1. The van der Waals surface area contributed by atoms with Gasteiger partial charge in [-0.2, -0.15) is 0 Å². The summed E-state index contributed by atoms with van der Waals surface area (Å²) in [5, 5.41) is 8.95. The van der Waals surface area contributed by atoms with Crippen molar-refractivity contribution in [2.75, 3.05) is 11.9 Å². The van der Waals surface area contributed by atoms with Gasteiger partial charge in [-0.1, -0.05) is 36.4 Å². The molecule has 2 rings (SSSR count). The van der Waals surface area contributed by atoms with E-state index in [9.17, 15) is 4.79 Å². The van der Waals surface area contributed by atoms with E-state index in [-0.39, 0.29) is 0 Å². The number of thioether (sulfide) groups is 1. The van der Waals surface area contributed by atoms with Gasteiger partial charge >= 0.3 is 6.09 Å². The number of anilines is 1. The number of carboxylic acid groups (broad SMARTS) is 1. The Balaban J connectivity index is 2.05. The Kier molecular flexibility index (Phi) is 4.47. The van der Waals surface area contributed by atoms with Crippen molar-refractivity contribution in [3.63, 3.8) is 0 Å². The van der Waals surface area contributed by atoms with E-state index in [4.69, 9.17) is 5.11 Å². The molecule has 1 amide bonds. The van der Waals surface area contributed by atoms with Gasteiger partial charge in [-0.3, -0.25) is 4.90 Å². The third kappa shape index (κ3) is 3.76. The summed E-state index contributed by atoms with van der Waals surface area (Å²) >= 11 is 1.70. The molecule has 0 spiro atoms. The quantitative estimate of drug-likeness (QED) is 0.853. The molecule has 3 nitrogen and oxygen atoms in total. The lowest BCUT2D eigenvalue weighted by Gasteiger charge is -2.13. The normalized spacial score (nSPS) is 10.2. The van der Waals surface area contributed by atoms with E-state index >= 15 is 0 Å². The van der Waals surface area contributed by atoms with Gasteiger partial charge in [0.15, 0.2) is 0 Å². The maximum Gasteiger partial charge on any atom is 0.411 e. The van der Waals surface area contributed by atoms with Crippen LogP contribution in [0.25, 0.3) is 0 Å². The number of carbonyl (C=O) groups is 1. The van der Waals surface area contributed by atoms with E-state index in [2.05, 4.69) is 12.1 Å². The van der Waals surface area contributed by atoms with Crippen LogP contribution in [0.2, 0.25) is 0 Å². The van der Waals surface area contributed by atoms with Crippen molar-refractivity contribution < 1.29 is 9.90 Å². The molecule has 0 aromatic heterocycles. The lowest BCUT2D eigenvalue weighted by atomic mass is 10.2. The van der Waals surface area contributed by atoms with Gasteiger partial charge in [-0.05, 0) is 23.8 Å². The van der Waals surface area contributed by atoms with Gasteiger partial charge in [-0.15, -0.1) is 11.8 Å². The molecule has 0 bridgehead atoms. The molecule has 1 N–H and O–H groups in total. The first-order chi connectivity index (χ1) is 9.16. The monoisotopic (exact) mass is 273 g/mol. The molecule has 0 atom stereocenters. The Morgan fingerprint density at radius 2 is 1.89 bits per heavy atom. The van der Waals surface area contributed by atoms with E-state index in [1.807, 2.05) is 36.4 Å². The highest BCUT2D eigenvalue weighted by Gasteiger charge is 2.08. The standard InChI is InChI=1S/C15H15NO2S/c1-16(15(17)18)13-8-5-9-14(10-13)19-11-12-6-3-2-4-7-12/h2-10H,11H2,1H3,(H,17,18). The highest BCUT2D eigenvalue weighted by molar-refractivity contribution is 7.98. The molecule has 4 heteroatoms. The van der Waals surface area contributed by atoms with E-state index in [0.29, 0.717) is 5.69 Å². The minimum Gasteiger partial charge on any atom is -0.465 e. The van der Waals surface area contributed by atoms with Crippen LogP contribution in [0.1, 0.15) is 5.56 Å². The third-order valence-electron chi connectivity index (χ3n) is 2.74. The Morgan fingerprint density at radius 3 is 2.58 bits per heavy atom. The van der Waals surface area contributed by atoms with Crippen LogP contribution in [0.3, 0.4) is 0 Å². The topological polar surface area (TPSA) is 40.5 Å². The van der Waals surface area contributed by atoms with Crippen molar-refractivity contribution in [1.29, 1.82) is 0 Å². The van der Waals surface area contributed by atoms with Crippen LogP contribution < -0.4 is 4.90 Å². The maximum absolute atomic E-state index is 10.9. The van der Waals surface area contributed by atoms with Crippen molar-refractivity contribution >= 4 is 23.5 Å². The maximum atomic E-state index is 10.9. The molecule has 0 fully saturated rings. The first-order valence-electron chi connectivity index (χ1n) is 5.90. The molecule has 0 radical (unpaired) electrons. The van der Waals surface area contributed by atoms with E-state index < -0.39 is 6.09 Å². The van der Waals surface area contributed by atoms with Crippen LogP contribution in [0.15, 0.2) is 59.5 Å². The Morgan fingerprint density at radius 1 is 1.16 bits per heavy atom. The molecule has 0 saturated carbocycles. The molecule has 0 saturated heterocycles. The highest BCUT2D eigenvalue weighted by Crippen LogP contribution is 2.26. The number of amides is 1. The summed E-state index contributed by atoms with van der Waals surface area (Å²) in [5.41, 5.74) is 1.94. The summed E-state index contributed by atoms with van der Waals surface area (Å²) in [4.78, 5) is 13.2.